The Morgan fingerprint density at radius 1 is 1.19 bits per heavy atom. The average Bonchev–Trinajstić information content (AvgIpc) is 3.38. The van der Waals surface area contributed by atoms with E-state index in [0.29, 0.717) is 40.4 Å². The largest absolute Gasteiger partial charge is 0.360 e. The van der Waals surface area contributed by atoms with Gasteiger partial charge in [-0.15, -0.1) is 0 Å². The van der Waals surface area contributed by atoms with Gasteiger partial charge in [0.25, 0.3) is 5.91 Å². The molecule has 0 saturated carbocycles. The Kier molecular flexibility index (Phi) is 5.48. The zero-order chi connectivity index (χ0) is 22.0. The van der Waals surface area contributed by atoms with Crippen molar-refractivity contribution in [1.82, 2.24) is 24.8 Å². The third-order valence-electron chi connectivity index (χ3n) is 4.83. The van der Waals surface area contributed by atoms with Gasteiger partial charge in [-0.25, -0.2) is 9.67 Å². The minimum atomic E-state index is -0.373. The molecule has 0 atom stereocenters. The van der Waals surface area contributed by atoms with Crippen molar-refractivity contribution >= 4 is 28.7 Å². The van der Waals surface area contributed by atoms with E-state index >= 15 is 0 Å². The Balaban J connectivity index is 1.64. The molecule has 1 aromatic carbocycles. The van der Waals surface area contributed by atoms with E-state index in [2.05, 4.69) is 15.6 Å². The predicted octanol–water partition coefficient (Wildman–Crippen LogP) is 3.13. The average molecular weight is 418 g/mol. The first-order chi connectivity index (χ1) is 15.0. The lowest BCUT2D eigenvalue weighted by Crippen LogP contribution is -2.35. The van der Waals surface area contributed by atoms with Crippen molar-refractivity contribution in [3.8, 4) is 11.3 Å². The first-order valence-electron chi connectivity index (χ1n) is 9.87. The Labute approximate surface area is 178 Å². The highest BCUT2D eigenvalue weighted by Gasteiger charge is 2.21. The summed E-state index contributed by atoms with van der Waals surface area (Å²) >= 11 is 0. The summed E-state index contributed by atoms with van der Waals surface area (Å²) in [5.74, 6) is 0.222. The van der Waals surface area contributed by atoms with Crippen LogP contribution < -0.4 is 5.32 Å². The first kappa shape index (κ1) is 20.3. The van der Waals surface area contributed by atoms with Crippen LogP contribution >= 0.6 is 0 Å². The summed E-state index contributed by atoms with van der Waals surface area (Å²) in [7, 11) is 1.58. The molecule has 3 aromatic heterocycles. The van der Waals surface area contributed by atoms with Gasteiger partial charge in [0.2, 0.25) is 5.91 Å². The maximum Gasteiger partial charge on any atom is 0.254 e. The van der Waals surface area contributed by atoms with Crippen LogP contribution in [0.25, 0.3) is 22.3 Å². The van der Waals surface area contributed by atoms with Crippen LogP contribution in [-0.2, 0) is 11.3 Å². The molecule has 4 aromatic rings. The van der Waals surface area contributed by atoms with Gasteiger partial charge in [-0.3, -0.25) is 9.59 Å². The smallest absolute Gasteiger partial charge is 0.254 e. The Bertz CT molecular complexity index is 1240. The number of aryl methyl sites for hydroxylation is 2. The molecular formula is C22H22N6O3. The number of fused-ring (bicyclic) bond motifs is 1. The van der Waals surface area contributed by atoms with Crippen molar-refractivity contribution in [3.05, 3.63) is 60.0 Å². The number of nitrogens with zero attached hydrogens (tertiary/aromatic N) is 5. The monoisotopic (exact) mass is 418 g/mol. The molecule has 0 aliphatic rings. The van der Waals surface area contributed by atoms with E-state index < -0.39 is 0 Å². The van der Waals surface area contributed by atoms with Gasteiger partial charge in [0.05, 0.1) is 29.4 Å². The van der Waals surface area contributed by atoms with Gasteiger partial charge in [0.1, 0.15) is 5.76 Å². The van der Waals surface area contributed by atoms with Gasteiger partial charge in [-0.1, -0.05) is 35.5 Å². The lowest BCUT2D eigenvalue weighted by atomic mass is 10.1. The van der Waals surface area contributed by atoms with Gasteiger partial charge in [-0.2, -0.15) is 5.10 Å². The number of nitrogens with one attached hydrogen (secondary N) is 1. The normalized spacial score (nSPS) is 10.9. The summed E-state index contributed by atoms with van der Waals surface area (Å²) in [6, 6.07) is 13.0. The zero-order valence-electron chi connectivity index (χ0n) is 17.5. The second-order valence-corrected chi connectivity index (χ2v) is 7.15. The van der Waals surface area contributed by atoms with Gasteiger partial charge < -0.3 is 14.7 Å². The molecule has 0 unspecified atom stereocenters. The second kappa shape index (κ2) is 8.39. The van der Waals surface area contributed by atoms with E-state index in [0.717, 1.165) is 5.56 Å². The highest BCUT2D eigenvalue weighted by Crippen LogP contribution is 2.25. The lowest BCUT2D eigenvalue weighted by molar-refractivity contribution is -0.116. The van der Waals surface area contributed by atoms with Crippen LogP contribution in [0.3, 0.4) is 0 Å². The number of carbonyl (C=O) groups is 2. The number of aromatic nitrogens is 4. The van der Waals surface area contributed by atoms with Gasteiger partial charge in [0, 0.05) is 25.2 Å². The van der Waals surface area contributed by atoms with Gasteiger partial charge in [0.15, 0.2) is 11.5 Å². The molecule has 0 aliphatic carbocycles. The van der Waals surface area contributed by atoms with E-state index in [4.69, 9.17) is 9.51 Å². The van der Waals surface area contributed by atoms with Crippen molar-refractivity contribution in [3.63, 3.8) is 0 Å². The molecule has 2 amide bonds. The van der Waals surface area contributed by atoms with Crippen molar-refractivity contribution in [2.75, 3.05) is 18.9 Å². The predicted molar refractivity (Wildman–Crippen MR) is 115 cm³/mol. The van der Waals surface area contributed by atoms with Crippen LogP contribution in [0.4, 0.5) is 5.82 Å². The van der Waals surface area contributed by atoms with Crippen molar-refractivity contribution < 1.29 is 14.1 Å². The summed E-state index contributed by atoms with van der Waals surface area (Å²) in [5, 5.41) is 11.4. The Morgan fingerprint density at radius 3 is 2.65 bits per heavy atom. The number of hydrogen-bond donors (Lipinski definition) is 1. The zero-order valence-corrected chi connectivity index (χ0v) is 17.5. The third-order valence-corrected chi connectivity index (χ3v) is 4.83. The fourth-order valence-electron chi connectivity index (χ4n) is 3.31. The first-order valence-corrected chi connectivity index (χ1v) is 9.87. The van der Waals surface area contributed by atoms with Gasteiger partial charge in [-0.05, 0) is 19.9 Å². The minimum absolute atomic E-state index is 0.142. The molecule has 1 N–H and O–H groups in total. The van der Waals surface area contributed by atoms with Crippen LogP contribution in [-0.4, -0.2) is 50.2 Å². The minimum Gasteiger partial charge on any atom is -0.360 e. The van der Waals surface area contributed by atoms with Crippen LogP contribution in [0.5, 0.6) is 0 Å². The molecule has 9 heteroatoms. The number of likely N-dealkylation sites (N-methyl/N-ethyl adjacent to an activating group) is 1. The number of amides is 2. The van der Waals surface area contributed by atoms with E-state index in [1.54, 1.807) is 37.0 Å². The molecule has 0 saturated heterocycles. The third kappa shape index (κ3) is 4.16. The second-order valence-electron chi connectivity index (χ2n) is 7.15. The van der Waals surface area contributed by atoms with Crippen LogP contribution in [0, 0.1) is 6.92 Å². The maximum absolute atomic E-state index is 13.3. The molecule has 0 aliphatic heterocycles. The molecule has 4 rings (SSSR count). The van der Waals surface area contributed by atoms with E-state index in [1.165, 1.54) is 4.90 Å². The fraction of sp³-hybridized carbons (Fsp3) is 0.227. The van der Waals surface area contributed by atoms with E-state index in [9.17, 15) is 9.59 Å². The van der Waals surface area contributed by atoms with Crippen molar-refractivity contribution in [2.24, 2.45) is 0 Å². The molecule has 158 valence electrons. The summed E-state index contributed by atoms with van der Waals surface area (Å²) in [6.45, 7) is 4.18. The topological polar surface area (TPSA) is 106 Å². The maximum atomic E-state index is 13.3. The van der Waals surface area contributed by atoms with Crippen LogP contribution in [0.1, 0.15) is 23.0 Å². The summed E-state index contributed by atoms with van der Waals surface area (Å²) in [5.41, 5.74) is 2.63. The fourth-order valence-corrected chi connectivity index (χ4v) is 3.31. The Morgan fingerprint density at radius 2 is 1.97 bits per heavy atom. The summed E-state index contributed by atoms with van der Waals surface area (Å²) < 4.78 is 6.69. The van der Waals surface area contributed by atoms with Crippen molar-refractivity contribution in [2.45, 2.75) is 20.4 Å². The highest BCUT2D eigenvalue weighted by molar-refractivity contribution is 6.07. The summed E-state index contributed by atoms with van der Waals surface area (Å²) in [6.07, 6.45) is 1.64. The van der Waals surface area contributed by atoms with E-state index in [-0.39, 0.29) is 18.4 Å². The molecule has 3 heterocycles. The molecular weight excluding hydrogens is 396 g/mol. The molecule has 0 fully saturated rings. The van der Waals surface area contributed by atoms with Crippen LogP contribution in [0.15, 0.2) is 53.2 Å². The van der Waals surface area contributed by atoms with E-state index in [1.807, 2.05) is 37.3 Å². The molecule has 9 nitrogen and oxygen atoms in total. The summed E-state index contributed by atoms with van der Waals surface area (Å²) in [4.78, 5) is 31.7. The number of pyridine rings is 1. The Hall–Kier alpha value is -4.01. The van der Waals surface area contributed by atoms with Crippen LogP contribution in [0.2, 0.25) is 0 Å². The molecule has 31 heavy (non-hydrogen) atoms. The number of rotatable bonds is 6. The number of benzene rings is 1. The molecule has 0 bridgehead atoms. The standard InChI is InChI=1S/C22H22N6O3/c1-4-28-21-17(12-23-28)16(11-18(24-21)15-8-6-5-7-9-15)22(30)27(3)13-20(29)25-19-10-14(2)31-26-19/h5-12H,4,13H2,1-3H3,(H,25,26,29). The number of hydrogen-bond acceptors (Lipinski definition) is 6. The molecule has 0 spiro atoms. The SMILES string of the molecule is CCn1ncc2c(C(=O)N(C)CC(=O)Nc3cc(C)on3)cc(-c3ccccc3)nc21. The highest BCUT2D eigenvalue weighted by atomic mass is 16.5. The van der Waals surface area contributed by atoms with Crippen molar-refractivity contribution in [1.29, 1.82) is 0 Å². The quantitative estimate of drug-likeness (QED) is 0.516. The van der Waals surface area contributed by atoms with Gasteiger partial charge >= 0.3 is 0 Å². The number of carbonyl (C=O) groups excluding carboxylic acids is 2. The lowest BCUT2D eigenvalue weighted by Gasteiger charge is -2.17. The molecule has 0 radical (unpaired) electrons. The number of anilines is 1.